The average molecular weight is 252 g/mol. The topological polar surface area (TPSA) is 56.8 Å². The van der Waals surface area contributed by atoms with Gasteiger partial charge in [0, 0.05) is 17.8 Å². The van der Waals surface area contributed by atoms with Crippen molar-refractivity contribution in [3.8, 4) is 5.75 Å². The molecule has 1 aliphatic heterocycles. The molecule has 0 aromatic heterocycles. The quantitative estimate of drug-likeness (QED) is 0.502. The summed E-state index contributed by atoms with van der Waals surface area (Å²) in [7, 11) is 1.65. The monoisotopic (exact) mass is 252 g/mol. The maximum Gasteiger partial charge on any atom is 0.164 e. The van der Waals surface area contributed by atoms with Gasteiger partial charge in [-0.25, -0.2) is 0 Å². The molecule has 2 rings (SSSR count). The van der Waals surface area contributed by atoms with Gasteiger partial charge in [-0.15, -0.1) is 11.8 Å². The fraction of sp³-hybridized carbons (Fsp3) is 0.417. The molecule has 1 aliphatic rings. The summed E-state index contributed by atoms with van der Waals surface area (Å²) in [5.74, 6) is 2.24. The van der Waals surface area contributed by atoms with Gasteiger partial charge in [-0.05, 0) is 12.1 Å². The fourth-order valence-corrected chi connectivity index (χ4v) is 2.54. The third kappa shape index (κ3) is 3.14. The van der Waals surface area contributed by atoms with Crippen molar-refractivity contribution in [3.63, 3.8) is 0 Å². The van der Waals surface area contributed by atoms with Crippen LogP contribution in [0.1, 0.15) is 0 Å². The van der Waals surface area contributed by atoms with Crippen LogP contribution >= 0.6 is 11.8 Å². The zero-order valence-corrected chi connectivity index (χ0v) is 10.6. The molecule has 0 spiro atoms. The second-order valence-electron chi connectivity index (χ2n) is 3.66. The Morgan fingerprint density at radius 1 is 1.59 bits per heavy atom. The van der Waals surface area contributed by atoms with Crippen molar-refractivity contribution in [2.45, 2.75) is 11.0 Å². The Kier molecular flexibility index (Phi) is 4.28. The van der Waals surface area contributed by atoms with E-state index in [1.54, 1.807) is 18.9 Å². The molecular formula is C12H16N2O2S. The summed E-state index contributed by atoms with van der Waals surface area (Å²) in [5, 5.41) is 0. The summed E-state index contributed by atoms with van der Waals surface area (Å²) in [6.45, 7) is 1.16. The van der Waals surface area contributed by atoms with Gasteiger partial charge in [0.2, 0.25) is 0 Å². The highest BCUT2D eigenvalue weighted by Crippen LogP contribution is 2.34. The first-order valence-electron chi connectivity index (χ1n) is 5.48. The number of nitrogens with zero attached hydrogens (tertiary/aromatic N) is 1. The SMILES string of the molecule is COCCN=C(N)C1CSc2ccccc2O1. The van der Waals surface area contributed by atoms with Crippen LogP contribution in [0.15, 0.2) is 34.2 Å². The molecule has 92 valence electrons. The number of thioether (sulfide) groups is 1. The molecule has 0 bridgehead atoms. The third-order valence-electron chi connectivity index (χ3n) is 2.43. The molecule has 4 nitrogen and oxygen atoms in total. The first-order valence-corrected chi connectivity index (χ1v) is 6.47. The number of amidine groups is 1. The molecule has 1 aromatic carbocycles. The van der Waals surface area contributed by atoms with Gasteiger partial charge in [0.15, 0.2) is 6.10 Å². The molecule has 1 aromatic rings. The Labute approximate surface area is 105 Å². The number of methoxy groups -OCH3 is 1. The predicted octanol–water partition coefficient (Wildman–Crippen LogP) is 1.54. The molecule has 0 aliphatic carbocycles. The number of para-hydroxylation sites is 1. The van der Waals surface area contributed by atoms with E-state index in [4.69, 9.17) is 15.2 Å². The third-order valence-corrected chi connectivity index (χ3v) is 3.55. The Morgan fingerprint density at radius 3 is 3.24 bits per heavy atom. The van der Waals surface area contributed by atoms with Gasteiger partial charge >= 0.3 is 0 Å². The summed E-state index contributed by atoms with van der Waals surface area (Å²) in [5.41, 5.74) is 5.90. The van der Waals surface area contributed by atoms with Crippen molar-refractivity contribution in [1.82, 2.24) is 0 Å². The van der Waals surface area contributed by atoms with Crippen molar-refractivity contribution in [1.29, 1.82) is 0 Å². The summed E-state index contributed by atoms with van der Waals surface area (Å²) in [6, 6.07) is 7.97. The lowest BCUT2D eigenvalue weighted by molar-refractivity contribution is 0.207. The number of rotatable bonds is 4. The van der Waals surface area contributed by atoms with E-state index in [0.29, 0.717) is 19.0 Å². The highest BCUT2D eigenvalue weighted by Gasteiger charge is 2.22. The zero-order chi connectivity index (χ0) is 12.1. The molecule has 1 heterocycles. The average Bonchev–Trinajstić information content (AvgIpc) is 2.38. The van der Waals surface area contributed by atoms with Crippen molar-refractivity contribution in [2.24, 2.45) is 10.7 Å². The highest BCUT2D eigenvalue weighted by atomic mass is 32.2. The van der Waals surface area contributed by atoms with Crippen LogP contribution in [0.25, 0.3) is 0 Å². The van der Waals surface area contributed by atoms with E-state index in [1.165, 1.54) is 0 Å². The Morgan fingerprint density at radius 2 is 2.41 bits per heavy atom. The second kappa shape index (κ2) is 5.93. The van der Waals surface area contributed by atoms with Crippen LogP contribution in [0.3, 0.4) is 0 Å². The van der Waals surface area contributed by atoms with Gasteiger partial charge < -0.3 is 15.2 Å². The van der Waals surface area contributed by atoms with Crippen LogP contribution in [0.2, 0.25) is 0 Å². The summed E-state index contributed by atoms with van der Waals surface area (Å²) in [6.07, 6.45) is -0.133. The van der Waals surface area contributed by atoms with E-state index in [2.05, 4.69) is 11.1 Å². The maximum absolute atomic E-state index is 5.90. The molecule has 17 heavy (non-hydrogen) atoms. The van der Waals surface area contributed by atoms with Crippen LogP contribution in [-0.4, -0.2) is 38.0 Å². The summed E-state index contributed by atoms with van der Waals surface area (Å²) in [4.78, 5) is 5.40. The van der Waals surface area contributed by atoms with E-state index in [0.717, 1.165) is 16.4 Å². The molecule has 0 amide bonds. The van der Waals surface area contributed by atoms with E-state index in [9.17, 15) is 0 Å². The minimum atomic E-state index is -0.133. The minimum absolute atomic E-state index is 0.133. The molecule has 0 saturated heterocycles. The van der Waals surface area contributed by atoms with Crippen molar-refractivity contribution < 1.29 is 9.47 Å². The Bertz CT molecular complexity index is 409. The molecule has 5 heteroatoms. The lowest BCUT2D eigenvalue weighted by Crippen LogP contribution is -2.38. The normalized spacial score (nSPS) is 19.6. The minimum Gasteiger partial charge on any atom is -0.480 e. The number of fused-ring (bicyclic) bond motifs is 1. The number of benzene rings is 1. The summed E-state index contributed by atoms with van der Waals surface area (Å²) >= 11 is 1.75. The van der Waals surface area contributed by atoms with Crippen molar-refractivity contribution >= 4 is 17.6 Å². The van der Waals surface area contributed by atoms with Gasteiger partial charge in [-0.2, -0.15) is 0 Å². The molecule has 0 saturated carbocycles. The van der Waals surface area contributed by atoms with Crippen molar-refractivity contribution in [3.05, 3.63) is 24.3 Å². The molecule has 1 atom stereocenters. The first-order chi connectivity index (χ1) is 8.31. The van der Waals surface area contributed by atoms with Crippen LogP contribution in [-0.2, 0) is 4.74 Å². The number of hydrogen-bond donors (Lipinski definition) is 1. The van der Waals surface area contributed by atoms with E-state index in [-0.39, 0.29) is 6.10 Å². The van der Waals surface area contributed by atoms with Gasteiger partial charge in [0.05, 0.1) is 13.2 Å². The largest absolute Gasteiger partial charge is 0.480 e. The van der Waals surface area contributed by atoms with E-state index < -0.39 is 0 Å². The molecule has 0 radical (unpaired) electrons. The number of hydrogen-bond acceptors (Lipinski definition) is 4. The number of nitrogens with two attached hydrogens (primary N) is 1. The second-order valence-corrected chi connectivity index (χ2v) is 4.73. The number of aliphatic imine (C=N–C) groups is 1. The summed E-state index contributed by atoms with van der Waals surface area (Å²) < 4.78 is 10.7. The predicted molar refractivity (Wildman–Crippen MR) is 69.9 cm³/mol. The standard InChI is InChI=1S/C12H16N2O2S/c1-15-7-6-14-12(13)10-8-17-11-5-3-2-4-9(11)16-10/h2-5,10H,6-8H2,1H3,(H2,13,14). The van der Waals surface area contributed by atoms with Gasteiger partial charge in [0.1, 0.15) is 11.6 Å². The highest BCUT2D eigenvalue weighted by molar-refractivity contribution is 7.99. The Hall–Kier alpha value is -1.20. The maximum atomic E-state index is 5.90. The molecular weight excluding hydrogens is 236 g/mol. The van der Waals surface area contributed by atoms with Crippen LogP contribution in [0.5, 0.6) is 5.75 Å². The molecule has 1 unspecified atom stereocenters. The van der Waals surface area contributed by atoms with Gasteiger partial charge in [-0.1, -0.05) is 12.1 Å². The fourth-order valence-electron chi connectivity index (χ4n) is 1.53. The zero-order valence-electron chi connectivity index (χ0n) is 9.76. The van der Waals surface area contributed by atoms with Gasteiger partial charge in [-0.3, -0.25) is 4.99 Å². The smallest absolute Gasteiger partial charge is 0.164 e. The van der Waals surface area contributed by atoms with Gasteiger partial charge in [0.25, 0.3) is 0 Å². The molecule has 0 fully saturated rings. The first kappa shape index (κ1) is 12.3. The van der Waals surface area contributed by atoms with Crippen LogP contribution < -0.4 is 10.5 Å². The van der Waals surface area contributed by atoms with Crippen molar-refractivity contribution in [2.75, 3.05) is 26.0 Å². The van der Waals surface area contributed by atoms with Crippen LogP contribution in [0.4, 0.5) is 0 Å². The van der Waals surface area contributed by atoms with Crippen LogP contribution in [0, 0.1) is 0 Å². The van der Waals surface area contributed by atoms with E-state index in [1.807, 2.05) is 18.2 Å². The lowest BCUT2D eigenvalue weighted by Gasteiger charge is -2.25. The Balaban J connectivity index is 1.99. The number of ether oxygens (including phenoxy) is 2. The lowest BCUT2D eigenvalue weighted by atomic mass is 10.3. The molecule has 2 N–H and O–H groups in total. The van der Waals surface area contributed by atoms with E-state index >= 15 is 0 Å².